The molecule has 0 saturated carbocycles. The number of phenols is 1. The van der Waals surface area contributed by atoms with E-state index in [1.54, 1.807) is 6.07 Å². The van der Waals surface area contributed by atoms with Gasteiger partial charge in [0.15, 0.2) is 11.5 Å². The van der Waals surface area contributed by atoms with E-state index in [1.807, 2.05) is 0 Å². The Morgan fingerprint density at radius 3 is 1.79 bits per heavy atom. The molecule has 5 N–H and O–H groups in total. The molecule has 0 saturated heterocycles. The van der Waals surface area contributed by atoms with Gasteiger partial charge in [-0.15, -0.1) is 0 Å². The first-order chi connectivity index (χ1) is 15.5. The molecule has 0 unspecified atom stereocenters. The van der Waals surface area contributed by atoms with Crippen molar-refractivity contribution in [3.05, 3.63) is 52.5 Å². The van der Waals surface area contributed by atoms with Crippen LogP contribution in [-0.4, -0.2) is 51.2 Å². The van der Waals surface area contributed by atoms with E-state index in [2.05, 4.69) is 10.6 Å². The quantitative estimate of drug-likeness (QED) is 0.346. The molecule has 0 bridgehead atoms. The van der Waals surface area contributed by atoms with Crippen LogP contribution in [0.4, 0.5) is 0 Å². The predicted molar refractivity (Wildman–Crippen MR) is 118 cm³/mol. The van der Waals surface area contributed by atoms with Gasteiger partial charge in [-0.05, 0) is 35.4 Å². The summed E-state index contributed by atoms with van der Waals surface area (Å²) >= 11 is 6.26. The molecule has 0 heterocycles. The minimum atomic E-state index is -1.21. The lowest BCUT2D eigenvalue weighted by atomic mass is 10.0. The van der Waals surface area contributed by atoms with Crippen LogP contribution in [0.2, 0.25) is 5.02 Å². The summed E-state index contributed by atoms with van der Waals surface area (Å²) in [5.74, 6) is -3.42. The molecule has 0 aromatic heterocycles. The number of carbonyl (C=O) groups is 4. The maximum Gasteiger partial charge on any atom is 0.326 e. The van der Waals surface area contributed by atoms with Crippen molar-refractivity contribution in [1.29, 1.82) is 0 Å². The number of benzene rings is 2. The van der Waals surface area contributed by atoms with Crippen LogP contribution in [0.1, 0.15) is 25.0 Å². The minimum Gasteiger partial charge on any atom is -0.504 e. The second-order valence-corrected chi connectivity index (χ2v) is 7.67. The Morgan fingerprint density at radius 1 is 0.848 bits per heavy atom. The van der Waals surface area contributed by atoms with Crippen LogP contribution >= 0.6 is 11.6 Å². The van der Waals surface area contributed by atoms with Crippen molar-refractivity contribution >= 4 is 35.4 Å². The fraction of sp³-hybridized carbons (Fsp3) is 0.273. The molecule has 2 rings (SSSR count). The number of carboxylic acid groups (broad SMARTS) is 2. The van der Waals surface area contributed by atoms with E-state index in [0.29, 0.717) is 11.1 Å². The Morgan fingerprint density at radius 2 is 1.33 bits per heavy atom. The fourth-order valence-corrected chi connectivity index (χ4v) is 3.24. The summed E-state index contributed by atoms with van der Waals surface area (Å²) in [6, 6.07) is 6.49. The third-order valence-corrected chi connectivity index (χ3v) is 4.77. The molecule has 10 nitrogen and oxygen atoms in total. The van der Waals surface area contributed by atoms with Gasteiger partial charge >= 0.3 is 11.9 Å². The molecule has 2 aromatic rings. The molecule has 2 atom stereocenters. The van der Waals surface area contributed by atoms with Gasteiger partial charge in [-0.3, -0.25) is 9.59 Å². The number of carbonyl (C=O) groups excluding carboxylic acids is 2. The normalized spacial score (nSPS) is 12.3. The van der Waals surface area contributed by atoms with Crippen LogP contribution in [0.3, 0.4) is 0 Å². The predicted octanol–water partition coefficient (Wildman–Crippen LogP) is 2.10. The Labute approximate surface area is 194 Å². The largest absolute Gasteiger partial charge is 0.504 e. The number of halogens is 1. The van der Waals surface area contributed by atoms with Gasteiger partial charge < -0.3 is 30.7 Å². The number of aromatic hydroxyl groups is 1. The molecular formula is C22H23ClN2O8. The Hall–Kier alpha value is -3.79. The second-order valence-electron chi connectivity index (χ2n) is 7.26. The van der Waals surface area contributed by atoms with E-state index in [4.69, 9.17) is 16.3 Å². The Balaban J connectivity index is 2.20. The third kappa shape index (κ3) is 7.69. The summed E-state index contributed by atoms with van der Waals surface area (Å²) in [5, 5.41) is 33.5. The van der Waals surface area contributed by atoms with E-state index in [9.17, 15) is 34.5 Å². The molecule has 0 spiro atoms. The molecule has 33 heavy (non-hydrogen) atoms. The van der Waals surface area contributed by atoms with Crippen LogP contribution in [0.25, 0.3) is 0 Å². The molecule has 0 aliphatic heterocycles. The van der Waals surface area contributed by atoms with Crippen molar-refractivity contribution in [2.24, 2.45) is 0 Å². The fourth-order valence-electron chi connectivity index (χ4n) is 3.00. The highest BCUT2D eigenvalue weighted by atomic mass is 35.5. The maximum atomic E-state index is 11.4. The molecule has 2 aromatic carbocycles. The molecule has 0 radical (unpaired) electrons. The van der Waals surface area contributed by atoms with Gasteiger partial charge in [0.1, 0.15) is 17.8 Å². The summed E-state index contributed by atoms with van der Waals surface area (Å²) in [5.41, 5.74) is 1.02. The Bertz CT molecular complexity index is 1070. The van der Waals surface area contributed by atoms with Gasteiger partial charge in [0.2, 0.25) is 11.8 Å². The molecular weight excluding hydrogens is 456 g/mol. The highest BCUT2D eigenvalue weighted by molar-refractivity contribution is 6.32. The molecule has 176 valence electrons. The van der Waals surface area contributed by atoms with Crippen LogP contribution in [-0.2, 0) is 32.0 Å². The third-order valence-electron chi connectivity index (χ3n) is 4.47. The molecule has 0 fully saturated rings. The van der Waals surface area contributed by atoms with Gasteiger partial charge in [0.25, 0.3) is 0 Å². The average molecular weight is 479 g/mol. The van der Waals surface area contributed by atoms with Gasteiger partial charge in [-0.2, -0.15) is 0 Å². The average Bonchev–Trinajstić information content (AvgIpc) is 2.70. The Kier molecular flexibility index (Phi) is 8.63. The number of aliphatic carboxylic acids is 2. The van der Waals surface area contributed by atoms with Crippen molar-refractivity contribution in [1.82, 2.24) is 10.6 Å². The number of amides is 2. The topological polar surface area (TPSA) is 162 Å². The van der Waals surface area contributed by atoms with Crippen molar-refractivity contribution < 1.29 is 39.2 Å². The van der Waals surface area contributed by atoms with Gasteiger partial charge in [-0.25, -0.2) is 9.59 Å². The van der Waals surface area contributed by atoms with Crippen molar-refractivity contribution in [2.75, 3.05) is 0 Å². The summed E-state index contributed by atoms with van der Waals surface area (Å²) < 4.78 is 5.67. The zero-order chi connectivity index (χ0) is 24.7. The SMILES string of the molecule is CC(=O)N[C@@H](Cc1ccc(Oc2cc(C[C@H](NC(C)=O)C(=O)O)ccc2O)c(Cl)c1)C(=O)O. The summed E-state index contributed by atoms with van der Waals surface area (Å²) in [6.07, 6.45) is -0.0483. The maximum absolute atomic E-state index is 11.4. The van der Waals surface area contributed by atoms with Crippen molar-refractivity contribution in [3.8, 4) is 17.2 Å². The van der Waals surface area contributed by atoms with E-state index in [1.165, 1.54) is 44.2 Å². The van der Waals surface area contributed by atoms with Crippen LogP contribution in [0.5, 0.6) is 17.2 Å². The number of phenolic OH excluding ortho intramolecular Hbond substituents is 1. The summed E-state index contributed by atoms with van der Waals surface area (Å²) in [6.45, 7) is 2.43. The van der Waals surface area contributed by atoms with E-state index in [-0.39, 0.29) is 35.1 Å². The lowest BCUT2D eigenvalue weighted by Crippen LogP contribution is -2.41. The second kappa shape index (κ2) is 11.2. The molecule has 11 heteroatoms. The van der Waals surface area contributed by atoms with Gasteiger partial charge in [0, 0.05) is 26.7 Å². The zero-order valence-corrected chi connectivity index (χ0v) is 18.5. The number of hydrogen-bond acceptors (Lipinski definition) is 6. The van der Waals surface area contributed by atoms with E-state index < -0.39 is 35.8 Å². The lowest BCUT2D eigenvalue weighted by Gasteiger charge is -2.16. The number of ether oxygens (including phenoxy) is 1. The first-order valence-electron chi connectivity index (χ1n) is 9.74. The van der Waals surface area contributed by atoms with Crippen molar-refractivity contribution in [2.45, 2.75) is 38.8 Å². The monoisotopic (exact) mass is 478 g/mol. The number of nitrogens with one attached hydrogen (secondary N) is 2. The number of rotatable bonds is 10. The number of hydrogen-bond donors (Lipinski definition) is 5. The summed E-state index contributed by atoms with van der Waals surface area (Å²) in [7, 11) is 0. The van der Waals surface area contributed by atoms with Gasteiger partial charge in [0.05, 0.1) is 5.02 Å². The van der Waals surface area contributed by atoms with E-state index >= 15 is 0 Å². The molecule has 2 amide bonds. The number of carboxylic acids is 2. The first-order valence-corrected chi connectivity index (χ1v) is 10.1. The van der Waals surface area contributed by atoms with Gasteiger partial charge in [-0.1, -0.05) is 23.7 Å². The first kappa shape index (κ1) is 25.5. The summed E-state index contributed by atoms with van der Waals surface area (Å²) in [4.78, 5) is 45.1. The zero-order valence-electron chi connectivity index (χ0n) is 17.8. The standard InChI is InChI=1S/C22H23ClN2O8/c1-11(26)24-16(21(29)30)8-13-4-6-19(15(23)7-13)33-20-10-14(3-5-18(20)28)9-17(22(31)32)25-12(2)27/h3-7,10,16-17,28H,8-9H2,1-2H3,(H,24,26)(H,25,27)(H,29,30)(H,31,32)/t16-,17-/m0/s1. The van der Waals surface area contributed by atoms with Crippen molar-refractivity contribution in [3.63, 3.8) is 0 Å². The highest BCUT2D eigenvalue weighted by Gasteiger charge is 2.21. The lowest BCUT2D eigenvalue weighted by molar-refractivity contribution is -0.141. The minimum absolute atomic E-state index is 0.00459. The van der Waals surface area contributed by atoms with Crippen LogP contribution in [0, 0.1) is 0 Å². The van der Waals surface area contributed by atoms with Crippen LogP contribution in [0.15, 0.2) is 36.4 Å². The molecule has 0 aliphatic carbocycles. The highest BCUT2D eigenvalue weighted by Crippen LogP contribution is 2.36. The van der Waals surface area contributed by atoms with E-state index in [0.717, 1.165) is 0 Å². The van der Waals surface area contributed by atoms with Crippen LogP contribution < -0.4 is 15.4 Å². The smallest absolute Gasteiger partial charge is 0.326 e. The molecule has 0 aliphatic rings.